The van der Waals surface area contributed by atoms with Crippen LogP contribution in [-0.2, 0) is 14.4 Å². The third-order valence-electron chi connectivity index (χ3n) is 9.07. The van der Waals surface area contributed by atoms with Crippen molar-refractivity contribution >= 4 is 68.4 Å². The van der Waals surface area contributed by atoms with Crippen LogP contribution in [0.25, 0.3) is 0 Å². The Balaban J connectivity index is 1.59. The normalized spacial score (nSPS) is 27.2. The van der Waals surface area contributed by atoms with E-state index in [1.165, 1.54) is 0 Å². The molecule has 2 bridgehead atoms. The fourth-order valence-electron chi connectivity index (χ4n) is 7.18. The second-order valence-corrected chi connectivity index (χ2v) is 14.7. The number of amides is 3. The van der Waals surface area contributed by atoms with E-state index in [2.05, 4.69) is 29.1 Å². The summed E-state index contributed by atoms with van der Waals surface area (Å²) in [4.78, 5) is 48.8. The van der Waals surface area contributed by atoms with Crippen LogP contribution in [0.5, 0.6) is 5.75 Å². The molecule has 2 aromatic carbocycles. The largest absolute Gasteiger partial charge is 0.494 e. The molecular formula is C34H39BrClN3O5S. The molecule has 0 saturated carbocycles. The quantitative estimate of drug-likeness (QED) is 0.211. The minimum atomic E-state index is -0.895. The van der Waals surface area contributed by atoms with E-state index in [4.69, 9.17) is 16.3 Å². The number of halogens is 2. The number of nitrogens with zero attached hydrogens (tertiary/aromatic N) is 3. The first-order chi connectivity index (χ1) is 21.7. The highest BCUT2D eigenvalue weighted by molar-refractivity contribution is 9.09. The van der Waals surface area contributed by atoms with E-state index in [1.54, 1.807) is 62.9 Å². The summed E-state index contributed by atoms with van der Waals surface area (Å²) in [5, 5.41) is 10.8. The Morgan fingerprint density at radius 3 is 2.20 bits per heavy atom. The highest BCUT2D eigenvalue weighted by atomic mass is 79.9. The maximum Gasteiger partial charge on any atom is 0.251 e. The summed E-state index contributed by atoms with van der Waals surface area (Å²) in [6.07, 6.45) is 4.30. The van der Waals surface area contributed by atoms with E-state index in [1.807, 2.05) is 38.1 Å². The Kier molecular flexibility index (Phi) is 10.4. The van der Waals surface area contributed by atoms with Crippen molar-refractivity contribution in [2.75, 3.05) is 36.1 Å². The molecule has 5 rings (SSSR count). The first-order valence-electron chi connectivity index (χ1n) is 15.2. The summed E-state index contributed by atoms with van der Waals surface area (Å²) in [7, 11) is 0. The maximum absolute atomic E-state index is 14.8. The van der Waals surface area contributed by atoms with Crippen molar-refractivity contribution < 1.29 is 24.2 Å². The van der Waals surface area contributed by atoms with Crippen LogP contribution in [0.1, 0.15) is 26.7 Å². The van der Waals surface area contributed by atoms with Crippen LogP contribution < -0.4 is 14.5 Å². The molecule has 0 aromatic heterocycles. The lowest BCUT2D eigenvalue weighted by atomic mass is 9.70. The summed E-state index contributed by atoms with van der Waals surface area (Å²) < 4.78 is 4.72. The number of likely N-dealkylation sites (tertiary alicyclic amines) is 1. The lowest BCUT2D eigenvalue weighted by Gasteiger charge is -2.40. The van der Waals surface area contributed by atoms with Crippen molar-refractivity contribution in [1.82, 2.24) is 4.90 Å². The Bertz CT molecular complexity index is 1440. The van der Waals surface area contributed by atoms with Gasteiger partial charge >= 0.3 is 0 Å². The lowest BCUT2D eigenvalue weighted by molar-refractivity contribution is -0.141. The van der Waals surface area contributed by atoms with Gasteiger partial charge in [-0.1, -0.05) is 46.6 Å². The van der Waals surface area contributed by atoms with Gasteiger partial charge in [0.15, 0.2) is 0 Å². The van der Waals surface area contributed by atoms with E-state index in [9.17, 15) is 19.5 Å². The van der Waals surface area contributed by atoms with Gasteiger partial charge in [0.1, 0.15) is 11.8 Å². The van der Waals surface area contributed by atoms with E-state index in [-0.39, 0.29) is 47.5 Å². The van der Waals surface area contributed by atoms with Crippen LogP contribution in [0.15, 0.2) is 73.8 Å². The number of fused-ring (bicyclic) bond motifs is 1. The van der Waals surface area contributed by atoms with Gasteiger partial charge < -0.3 is 24.5 Å². The molecule has 3 heterocycles. The van der Waals surface area contributed by atoms with Crippen molar-refractivity contribution in [3.8, 4) is 5.75 Å². The third-order valence-corrected chi connectivity index (χ3v) is 12.5. The number of hydrogen-bond donors (Lipinski definition) is 1. The van der Waals surface area contributed by atoms with E-state index >= 15 is 0 Å². The number of rotatable bonds is 13. The number of alkyl halides is 1. The second-order valence-electron chi connectivity index (χ2n) is 11.5. The van der Waals surface area contributed by atoms with Gasteiger partial charge in [0.05, 0.1) is 35.8 Å². The summed E-state index contributed by atoms with van der Waals surface area (Å²) in [5.74, 6) is -1.45. The first-order valence-corrected chi connectivity index (χ1v) is 17.4. The zero-order chi connectivity index (χ0) is 32.5. The van der Waals surface area contributed by atoms with Crippen molar-refractivity contribution in [2.24, 2.45) is 11.8 Å². The van der Waals surface area contributed by atoms with Gasteiger partial charge in [0.25, 0.3) is 5.91 Å². The maximum atomic E-state index is 14.8. The van der Waals surface area contributed by atoms with Crippen LogP contribution in [0.3, 0.4) is 0 Å². The SMILES string of the molecule is C=CCN(C(=O)C1N([C@@H](CC)CO)C(=O)[C@@H]2[C@@H](C(=O)N(CC=C)c3ccc(OCC)cc3)[C@@H]3SC12CC3Br)c1ccc(Cl)cc1. The van der Waals surface area contributed by atoms with E-state index < -0.39 is 28.7 Å². The Morgan fingerprint density at radius 1 is 1.09 bits per heavy atom. The number of aliphatic hydroxyl groups is 1. The van der Waals surface area contributed by atoms with Crippen LogP contribution >= 0.6 is 39.3 Å². The number of ether oxygens (including phenoxy) is 1. The molecule has 11 heteroatoms. The monoisotopic (exact) mass is 715 g/mol. The lowest BCUT2D eigenvalue weighted by Crippen LogP contribution is -2.58. The van der Waals surface area contributed by atoms with Gasteiger partial charge in [-0.15, -0.1) is 24.9 Å². The van der Waals surface area contributed by atoms with Gasteiger partial charge in [-0.05, 0) is 68.3 Å². The fourth-order valence-corrected chi connectivity index (χ4v) is 10.9. The zero-order valence-corrected chi connectivity index (χ0v) is 28.6. The molecule has 0 aliphatic carbocycles. The van der Waals surface area contributed by atoms with Crippen molar-refractivity contribution in [3.05, 3.63) is 78.9 Å². The highest BCUT2D eigenvalue weighted by Gasteiger charge is 2.76. The van der Waals surface area contributed by atoms with Gasteiger partial charge in [-0.2, -0.15) is 0 Å². The predicted octanol–water partition coefficient (Wildman–Crippen LogP) is 5.71. The smallest absolute Gasteiger partial charge is 0.251 e. The third kappa shape index (κ3) is 5.83. The molecule has 0 radical (unpaired) electrons. The van der Waals surface area contributed by atoms with E-state index in [0.29, 0.717) is 41.6 Å². The molecule has 3 aliphatic heterocycles. The number of hydrogen-bond acceptors (Lipinski definition) is 6. The molecule has 1 spiro atoms. The van der Waals surface area contributed by atoms with Crippen LogP contribution in [0.2, 0.25) is 5.02 Å². The van der Waals surface area contributed by atoms with Crippen LogP contribution in [0, 0.1) is 11.8 Å². The average molecular weight is 717 g/mol. The van der Waals surface area contributed by atoms with Crippen LogP contribution in [0.4, 0.5) is 11.4 Å². The molecule has 240 valence electrons. The van der Waals surface area contributed by atoms with Gasteiger partial charge in [0, 0.05) is 39.6 Å². The molecule has 7 atom stereocenters. The van der Waals surface area contributed by atoms with Crippen LogP contribution in [-0.4, -0.2) is 80.9 Å². The van der Waals surface area contributed by atoms with Gasteiger partial charge in [0.2, 0.25) is 11.8 Å². The molecule has 3 aliphatic rings. The number of benzene rings is 2. The molecule has 8 nitrogen and oxygen atoms in total. The fraction of sp³-hybridized carbons (Fsp3) is 0.441. The zero-order valence-electron chi connectivity index (χ0n) is 25.5. The number of anilines is 2. The first kappa shape index (κ1) is 33.6. The highest BCUT2D eigenvalue weighted by Crippen LogP contribution is 2.68. The van der Waals surface area contributed by atoms with E-state index in [0.717, 1.165) is 0 Å². The molecule has 3 unspecified atom stereocenters. The van der Waals surface area contributed by atoms with Gasteiger partial charge in [-0.25, -0.2) is 0 Å². The van der Waals surface area contributed by atoms with Crippen molar-refractivity contribution in [2.45, 2.75) is 53.6 Å². The molecule has 1 N–H and O–H groups in total. The molecule has 45 heavy (non-hydrogen) atoms. The number of aliphatic hydroxyl groups excluding tert-OH is 1. The summed E-state index contributed by atoms with van der Waals surface area (Å²) in [6.45, 7) is 12.3. The summed E-state index contributed by atoms with van der Waals surface area (Å²) in [6, 6.07) is 12.8. The molecule has 3 amide bonds. The average Bonchev–Trinajstić information content (AvgIpc) is 3.63. The van der Waals surface area contributed by atoms with Crippen molar-refractivity contribution in [1.29, 1.82) is 0 Å². The van der Waals surface area contributed by atoms with Gasteiger partial charge in [-0.3, -0.25) is 14.4 Å². The summed E-state index contributed by atoms with van der Waals surface area (Å²) >= 11 is 11.6. The van der Waals surface area contributed by atoms with Crippen molar-refractivity contribution in [3.63, 3.8) is 0 Å². The predicted molar refractivity (Wildman–Crippen MR) is 184 cm³/mol. The Labute approximate surface area is 282 Å². The Hall–Kier alpha value is -2.79. The second kappa shape index (κ2) is 13.9. The number of thioether (sulfide) groups is 1. The minimum Gasteiger partial charge on any atom is -0.494 e. The number of carbonyl (C=O) groups is 3. The summed E-state index contributed by atoms with van der Waals surface area (Å²) in [5.41, 5.74) is 1.30. The molecule has 3 fully saturated rings. The molecule has 3 saturated heterocycles. The molecule has 2 aromatic rings. The minimum absolute atomic E-state index is 0.0979. The number of carbonyl (C=O) groups excluding carboxylic acids is 3. The molecular weight excluding hydrogens is 678 g/mol. The Morgan fingerprint density at radius 2 is 1.67 bits per heavy atom. The standard InChI is InChI=1S/C34H39BrClN3O5S/c1-5-17-37(24-13-15-25(16-14-24)44-8-4)31(41)27-28-32(42)39(22(7-3)20-40)30(34(28)19-26(35)29(27)45-34)33(43)38(18-6-2)23-11-9-21(36)10-12-23/h5-6,9-16,22,26-30,40H,1-2,7-8,17-20H2,3-4H3/t22-,26?,27+,28-,29+,30?,34?/m0/s1. The topological polar surface area (TPSA) is 90.4 Å².